The number of likely N-dealkylation sites (tertiary alicyclic amines) is 1. The second-order valence-corrected chi connectivity index (χ2v) is 8.01. The third-order valence-corrected chi connectivity index (χ3v) is 6.02. The zero-order chi connectivity index (χ0) is 17.3. The summed E-state index contributed by atoms with van der Waals surface area (Å²) >= 11 is 0. The van der Waals surface area contributed by atoms with Crippen molar-refractivity contribution >= 4 is 15.9 Å². The Labute approximate surface area is 141 Å². The average molecular weight is 357 g/mol. The monoisotopic (exact) mass is 357 g/mol. The minimum atomic E-state index is -3.56. The number of ether oxygens (including phenoxy) is 2. The van der Waals surface area contributed by atoms with Crippen molar-refractivity contribution in [3.63, 3.8) is 0 Å². The molecule has 0 spiro atoms. The molecule has 9 heteroatoms. The molecule has 0 aliphatic carbocycles. The lowest BCUT2D eigenvalue weighted by Crippen LogP contribution is -2.42. The normalized spacial score (nSPS) is 20.7. The Balaban J connectivity index is 1.67. The summed E-state index contributed by atoms with van der Waals surface area (Å²) in [7, 11) is -0.534. The van der Waals surface area contributed by atoms with Crippen molar-refractivity contribution in [3.8, 4) is 0 Å². The number of hydrogen-bond acceptors (Lipinski definition) is 5. The van der Waals surface area contributed by atoms with E-state index in [0.29, 0.717) is 37.9 Å². The van der Waals surface area contributed by atoms with E-state index in [-0.39, 0.29) is 17.1 Å². The van der Waals surface area contributed by atoms with Crippen LogP contribution in [-0.4, -0.2) is 63.4 Å². The van der Waals surface area contributed by atoms with Crippen LogP contribution in [0, 0.1) is 5.92 Å². The van der Waals surface area contributed by atoms with Crippen LogP contribution in [0.25, 0.3) is 0 Å². The molecule has 1 aromatic heterocycles. The number of aromatic nitrogens is 1. The van der Waals surface area contributed by atoms with Crippen LogP contribution in [0.1, 0.15) is 23.3 Å². The first-order valence-corrected chi connectivity index (χ1v) is 9.53. The number of nitrogens with zero attached hydrogens (tertiary/aromatic N) is 2. The second-order valence-electron chi connectivity index (χ2n) is 6.12. The molecule has 1 aromatic rings. The fraction of sp³-hybridized carbons (Fsp3) is 0.667. The largest absolute Gasteiger partial charge is 0.350 e. The van der Waals surface area contributed by atoms with Gasteiger partial charge in [0.2, 0.25) is 10.0 Å². The lowest BCUT2D eigenvalue weighted by molar-refractivity contribution is -0.0956. The van der Waals surface area contributed by atoms with Crippen LogP contribution in [0.5, 0.6) is 0 Å². The van der Waals surface area contributed by atoms with Crippen LogP contribution in [0.4, 0.5) is 0 Å². The molecule has 2 aliphatic rings. The van der Waals surface area contributed by atoms with Crippen molar-refractivity contribution < 1.29 is 22.7 Å². The van der Waals surface area contributed by atoms with Gasteiger partial charge in [0.1, 0.15) is 10.6 Å². The van der Waals surface area contributed by atoms with E-state index in [4.69, 9.17) is 9.47 Å². The molecular formula is C15H23N3O5S. The molecule has 0 bridgehead atoms. The van der Waals surface area contributed by atoms with Gasteiger partial charge in [0.25, 0.3) is 5.91 Å². The first-order chi connectivity index (χ1) is 11.4. The molecule has 0 saturated carbocycles. The third kappa shape index (κ3) is 3.34. The van der Waals surface area contributed by atoms with Gasteiger partial charge in [0.15, 0.2) is 6.29 Å². The third-order valence-electron chi connectivity index (χ3n) is 4.64. The molecule has 134 valence electrons. The minimum absolute atomic E-state index is 0.0958. The highest BCUT2D eigenvalue weighted by Crippen LogP contribution is 2.27. The van der Waals surface area contributed by atoms with Gasteiger partial charge in [-0.2, -0.15) is 0 Å². The standard InChI is InChI=1S/C15H23N3O5S/c1-16-24(20,21)12-9-13(17(2)10-12)14(19)18-5-3-11(4-6-18)15-22-7-8-23-15/h9-11,15-16H,3-8H2,1-2H3. The Bertz CT molecular complexity index is 701. The molecule has 8 nitrogen and oxygen atoms in total. The summed E-state index contributed by atoms with van der Waals surface area (Å²) in [5.74, 6) is 0.159. The van der Waals surface area contributed by atoms with Crippen molar-refractivity contribution in [1.29, 1.82) is 0 Å². The Hall–Kier alpha value is -1.42. The number of carbonyl (C=O) groups excluding carboxylic acids is 1. The quantitative estimate of drug-likeness (QED) is 0.829. The van der Waals surface area contributed by atoms with E-state index in [1.54, 1.807) is 16.5 Å². The van der Waals surface area contributed by atoms with Crippen LogP contribution >= 0.6 is 0 Å². The fourth-order valence-electron chi connectivity index (χ4n) is 3.20. The van der Waals surface area contributed by atoms with E-state index >= 15 is 0 Å². The van der Waals surface area contributed by atoms with Gasteiger partial charge in [0.05, 0.1) is 13.2 Å². The Morgan fingerprint density at radius 3 is 2.46 bits per heavy atom. The van der Waals surface area contributed by atoms with Crippen LogP contribution < -0.4 is 4.72 Å². The number of aryl methyl sites for hydroxylation is 1. The first-order valence-electron chi connectivity index (χ1n) is 8.05. The van der Waals surface area contributed by atoms with E-state index in [1.807, 2.05) is 0 Å². The second kappa shape index (κ2) is 6.83. The van der Waals surface area contributed by atoms with Gasteiger partial charge >= 0.3 is 0 Å². The SMILES string of the molecule is CNS(=O)(=O)c1cc(C(=O)N2CCC(C3OCCO3)CC2)n(C)c1. The van der Waals surface area contributed by atoms with Gasteiger partial charge in [-0.1, -0.05) is 0 Å². The van der Waals surface area contributed by atoms with Crippen molar-refractivity contribution in [1.82, 2.24) is 14.2 Å². The maximum absolute atomic E-state index is 12.7. The molecule has 24 heavy (non-hydrogen) atoms. The zero-order valence-electron chi connectivity index (χ0n) is 13.9. The molecule has 2 fully saturated rings. The number of sulfonamides is 1. The summed E-state index contributed by atoms with van der Waals surface area (Å²) in [6, 6.07) is 1.42. The minimum Gasteiger partial charge on any atom is -0.350 e. The topological polar surface area (TPSA) is 89.9 Å². The highest BCUT2D eigenvalue weighted by molar-refractivity contribution is 7.89. The van der Waals surface area contributed by atoms with E-state index in [9.17, 15) is 13.2 Å². The predicted octanol–water partition coefficient (Wildman–Crippen LogP) is 0.158. The van der Waals surface area contributed by atoms with Crippen LogP contribution in [-0.2, 0) is 26.5 Å². The van der Waals surface area contributed by atoms with Gasteiger partial charge in [-0.3, -0.25) is 4.79 Å². The molecule has 1 N–H and O–H groups in total. The van der Waals surface area contributed by atoms with E-state index in [2.05, 4.69) is 4.72 Å². The number of nitrogens with one attached hydrogen (secondary N) is 1. The van der Waals surface area contributed by atoms with Crippen molar-refractivity contribution in [2.75, 3.05) is 33.4 Å². The highest BCUT2D eigenvalue weighted by Gasteiger charge is 2.33. The van der Waals surface area contributed by atoms with Gasteiger partial charge in [-0.05, 0) is 26.0 Å². The summed E-state index contributed by atoms with van der Waals surface area (Å²) in [6.45, 7) is 2.50. The van der Waals surface area contributed by atoms with Crippen molar-refractivity contribution in [2.24, 2.45) is 13.0 Å². The maximum Gasteiger partial charge on any atom is 0.270 e. The fourth-order valence-corrected chi connectivity index (χ4v) is 4.00. The zero-order valence-corrected chi connectivity index (χ0v) is 14.7. The van der Waals surface area contributed by atoms with Crippen molar-refractivity contribution in [3.05, 3.63) is 18.0 Å². The van der Waals surface area contributed by atoms with Gasteiger partial charge in [-0.25, -0.2) is 13.1 Å². The summed E-state index contributed by atoms with van der Waals surface area (Å²) in [5.41, 5.74) is 0.371. The smallest absolute Gasteiger partial charge is 0.270 e. The Kier molecular flexibility index (Phi) is 4.95. The number of piperidine rings is 1. The van der Waals surface area contributed by atoms with Crippen molar-refractivity contribution in [2.45, 2.75) is 24.0 Å². The summed E-state index contributed by atoms with van der Waals surface area (Å²) in [6.07, 6.45) is 2.95. The number of hydrogen-bond donors (Lipinski definition) is 1. The van der Waals surface area contributed by atoms with E-state index < -0.39 is 10.0 Å². The predicted molar refractivity (Wildman–Crippen MR) is 86.0 cm³/mol. The molecule has 0 unspecified atom stereocenters. The molecule has 0 aromatic carbocycles. The maximum atomic E-state index is 12.7. The number of carbonyl (C=O) groups is 1. The molecule has 3 rings (SSSR count). The van der Waals surface area contributed by atoms with E-state index in [1.165, 1.54) is 19.3 Å². The van der Waals surface area contributed by atoms with Crippen LogP contribution in [0.15, 0.2) is 17.2 Å². The summed E-state index contributed by atoms with van der Waals surface area (Å²) < 4.78 is 38.7. The number of amides is 1. The van der Waals surface area contributed by atoms with Gasteiger partial charge in [-0.15, -0.1) is 0 Å². The average Bonchev–Trinajstić information content (AvgIpc) is 3.24. The van der Waals surface area contributed by atoms with Crippen LogP contribution in [0.2, 0.25) is 0 Å². The summed E-state index contributed by atoms with van der Waals surface area (Å²) in [5, 5.41) is 0. The molecule has 1 amide bonds. The molecule has 0 radical (unpaired) electrons. The van der Waals surface area contributed by atoms with Gasteiger partial charge in [0, 0.05) is 32.3 Å². The summed E-state index contributed by atoms with van der Waals surface area (Å²) in [4.78, 5) is 14.6. The molecular weight excluding hydrogens is 334 g/mol. The molecule has 2 aliphatic heterocycles. The number of rotatable bonds is 4. The lowest BCUT2D eigenvalue weighted by atomic mass is 9.96. The lowest BCUT2D eigenvalue weighted by Gasteiger charge is -2.33. The molecule has 2 saturated heterocycles. The van der Waals surface area contributed by atoms with Gasteiger partial charge < -0.3 is 18.9 Å². The Morgan fingerprint density at radius 1 is 1.25 bits per heavy atom. The Morgan fingerprint density at radius 2 is 1.88 bits per heavy atom. The first kappa shape index (κ1) is 17.4. The highest BCUT2D eigenvalue weighted by atomic mass is 32.2. The van der Waals surface area contributed by atoms with E-state index in [0.717, 1.165) is 12.8 Å². The van der Waals surface area contributed by atoms with Crippen LogP contribution in [0.3, 0.4) is 0 Å². The molecule has 3 heterocycles. The molecule has 0 atom stereocenters.